The van der Waals surface area contributed by atoms with E-state index in [0.29, 0.717) is 18.0 Å². The highest BCUT2D eigenvalue weighted by Crippen LogP contribution is 2.28. The smallest absolute Gasteiger partial charge is 0.341 e. The van der Waals surface area contributed by atoms with Crippen LogP contribution in [0.2, 0.25) is 5.02 Å². The number of anilines is 1. The van der Waals surface area contributed by atoms with Gasteiger partial charge in [0.25, 0.3) is 0 Å². The summed E-state index contributed by atoms with van der Waals surface area (Å²) >= 11 is 6.02. The van der Waals surface area contributed by atoms with Crippen LogP contribution < -0.4 is 10.1 Å². The molecule has 7 heteroatoms. The number of halogens is 1. The number of nitrogens with one attached hydrogen (secondary N) is 1. The quantitative estimate of drug-likeness (QED) is 0.747. The Morgan fingerprint density at radius 3 is 2.75 bits per heavy atom. The summed E-state index contributed by atoms with van der Waals surface area (Å²) in [5, 5.41) is 11.6. The molecule has 1 aliphatic heterocycles. The van der Waals surface area contributed by atoms with Gasteiger partial charge in [-0.2, -0.15) is 0 Å². The molecule has 0 aliphatic carbocycles. The summed E-state index contributed by atoms with van der Waals surface area (Å²) in [5.41, 5.74) is 0.568. The SMILES string of the molecule is O=C(O)COc1ccc(NC(=O)CCCC2CCOCC2)cc1Cl. The van der Waals surface area contributed by atoms with E-state index < -0.39 is 12.6 Å². The van der Waals surface area contributed by atoms with E-state index >= 15 is 0 Å². The number of carboxylic acids is 1. The molecule has 0 unspecified atom stereocenters. The van der Waals surface area contributed by atoms with E-state index in [4.69, 9.17) is 26.2 Å². The van der Waals surface area contributed by atoms with Crippen LogP contribution in [0.15, 0.2) is 18.2 Å². The normalized spacial score (nSPS) is 15.0. The first-order valence-corrected chi connectivity index (χ1v) is 8.44. The van der Waals surface area contributed by atoms with Crippen molar-refractivity contribution in [3.05, 3.63) is 23.2 Å². The van der Waals surface area contributed by atoms with Crippen molar-refractivity contribution in [1.82, 2.24) is 0 Å². The Morgan fingerprint density at radius 1 is 1.33 bits per heavy atom. The van der Waals surface area contributed by atoms with Crippen molar-refractivity contribution in [1.29, 1.82) is 0 Å². The van der Waals surface area contributed by atoms with Gasteiger partial charge in [-0.3, -0.25) is 4.79 Å². The van der Waals surface area contributed by atoms with E-state index in [1.807, 2.05) is 0 Å². The summed E-state index contributed by atoms with van der Waals surface area (Å²) in [6.45, 7) is 1.19. The van der Waals surface area contributed by atoms with Crippen LogP contribution in [0.25, 0.3) is 0 Å². The van der Waals surface area contributed by atoms with E-state index in [0.717, 1.165) is 38.9 Å². The zero-order valence-electron chi connectivity index (χ0n) is 13.4. The van der Waals surface area contributed by atoms with Crippen LogP contribution in [-0.4, -0.2) is 36.8 Å². The first-order valence-electron chi connectivity index (χ1n) is 8.06. The molecule has 0 atom stereocenters. The highest BCUT2D eigenvalue weighted by Gasteiger charge is 2.14. The molecule has 1 heterocycles. The lowest BCUT2D eigenvalue weighted by Gasteiger charge is -2.21. The predicted molar refractivity (Wildman–Crippen MR) is 90.6 cm³/mol. The van der Waals surface area contributed by atoms with Crippen LogP contribution in [-0.2, 0) is 14.3 Å². The van der Waals surface area contributed by atoms with Crippen LogP contribution in [0, 0.1) is 5.92 Å². The van der Waals surface area contributed by atoms with Gasteiger partial charge in [-0.15, -0.1) is 0 Å². The number of rotatable bonds is 8. The molecule has 2 rings (SSSR count). The summed E-state index contributed by atoms with van der Waals surface area (Å²) in [4.78, 5) is 22.5. The van der Waals surface area contributed by atoms with Crippen molar-refractivity contribution >= 4 is 29.2 Å². The number of hydrogen-bond acceptors (Lipinski definition) is 4. The number of amides is 1. The summed E-state index contributed by atoms with van der Waals surface area (Å²) in [6, 6.07) is 4.73. The zero-order valence-corrected chi connectivity index (χ0v) is 14.2. The van der Waals surface area contributed by atoms with Gasteiger partial charge >= 0.3 is 5.97 Å². The first kappa shape index (κ1) is 18.5. The maximum Gasteiger partial charge on any atom is 0.341 e. The first-order chi connectivity index (χ1) is 11.5. The molecule has 1 aliphatic rings. The lowest BCUT2D eigenvalue weighted by atomic mass is 9.94. The summed E-state index contributed by atoms with van der Waals surface area (Å²) in [6.07, 6.45) is 4.51. The third-order valence-electron chi connectivity index (χ3n) is 3.92. The Balaban J connectivity index is 1.74. The largest absolute Gasteiger partial charge is 0.480 e. The van der Waals surface area contributed by atoms with Crippen molar-refractivity contribution in [3.63, 3.8) is 0 Å². The van der Waals surface area contributed by atoms with Crippen LogP contribution in [0.4, 0.5) is 5.69 Å². The minimum absolute atomic E-state index is 0.0580. The fourth-order valence-electron chi connectivity index (χ4n) is 2.64. The predicted octanol–water partition coefficient (Wildman–Crippen LogP) is 3.34. The molecule has 0 radical (unpaired) electrons. The molecule has 1 amide bonds. The summed E-state index contributed by atoms with van der Waals surface area (Å²) in [5.74, 6) is -0.200. The molecule has 6 nitrogen and oxygen atoms in total. The van der Waals surface area contributed by atoms with Gasteiger partial charge in [-0.05, 0) is 49.8 Å². The highest BCUT2D eigenvalue weighted by atomic mass is 35.5. The second-order valence-corrected chi connectivity index (χ2v) is 6.23. The van der Waals surface area contributed by atoms with Gasteiger partial charge in [0, 0.05) is 25.3 Å². The monoisotopic (exact) mass is 355 g/mol. The molecule has 1 aromatic carbocycles. The van der Waals surface area contributed by atoms with Crippen molar-refractivity contribution in [2.75, 3.05) is 25.1 Å². The number of carboxylic acid groups (broad SMARTS) is 1. The average molecular weight is 356 g/mol. The molecule has 2 N–H and O–H groups in total. The van der Waals surface area contributed by atoms with E-state index in [9.17, 15) is 9.59 Å². The summed E-state index contributed by atoms with van der Waals surface area (Å²) < 4.78 is 10.4. The number of hydrogen-bond donors (Lipinski definition) is 2. The molecule has 1 aromatic rings. The van der Waals surface area contributed by atoms with Crippen molar-refractivity contribution < 1.29 is 24.2 Å². The molecule has 1 fully saturated rings. The van der Waals surface area contributed by atoms with Gasteiger partial charge in [0.1, 0.15) is 5.75 Å². The van der Waals surface area contributed by atoms with Gasteiger partial charge in [-0.25, -0.2) is 4.79 Å². The average Bonchev–Trinajstić information content (AvgIpc) is 2.55. The molecule has 24 heavy (non-hydrogen) atoms. The molecule has 132 valence electrons. The summed E-state index contributed by atoms with van der Waals surface area (Å²) in [7, 11) is 0. The third-order valence-corrected chi connectivity index (χ3v) is 4.22. The molecular weight excluding hydrogens is 334 g/mol. The Bertz CT molecular complexity index is 572. The van der Waals surface area contributed by atoms with Gasteiger partial charge in [0.05, 0.1) is 5.02 Å². The fourth-order valence-corrected chi connectivity index (χ4v) is 2.88. The van der Waals surface area contributed by atoms with Crippen molar-refractivity contribution in [2.24, 2.45) is 5.92 Å². The minimum Gasteiger partial charge on any atom is -0.480 e. The minimum atomic E-state index is -1.08. The van der Waals surface area contributed by atoms with Crippen LogP contribution in [0.1, 0.15) is 32.1 Å². The van der Waals surface area contributed by atoms with E-state index in [2.05, 4.69) is 5.32 Å². The number of carbonyl (C=O) groups is 2. The second kappa shape index (κ2) is 9.49. The van der Waals surface area contributed by atoms with E-state index in [-0.39, 0.29) is 16.7 Å². The molecular formula is C17H22ClNO5. The van der Waals surface area contributed by atoms with Gasteiger partial charge in [0.15, 0.2) is 6.61 Å². The van der Waals surface area contributed by atoms with Crippen molar-refractivity contribution in [3.8, 4) is 5.75 Å². The lowest BCUT2D eigenvalue weighted by molar-refractivity contribution is -0.139. The zero-order chi connectivity index (χ0) is 17.4. The fraction of sp³-hybridized carbons (Fsp3) is 0.529. The molecule has 0 saturated carbocycles. The maximum atomic E-state index is 12.0. The standard InChI is InChI=1S/C17H22ClNO5/c18-14-10-13(4-5-15(14)24-11-17(21)22)19-16(20)3-1-2-12-6-8-23-9-7-12/h4-5,10,12H,1-3,6-9,11H2,(H,19,20)(H,21,22). The Morgan fingerprint density at radius 2 is 2.08 bits per heavy atom. The van der Waals surface area contributed by atoms with Crippen LogP contribution in [0.3, 0.4) is 0 Å². The molecule has 0 bridgehead atoms. The Labute approximate surface area is 146 Å². The van der Waals surface area contributed by atoms with Crippen LogP contribution in [0.5, 0.6) is 5.75 Å². The van der Waals surface area contributed by atoms with E-state index in [1.165, 1.54) is 0 Å². The Kier molecular flexibility index (Phi) is 7.34. The number of benzene rings is 1. The third kappa shape index (κ3) is 6.37. The molecule has 1 saturated heterocycles. The highest BCUT2D eigenvalue weighted by molar-refractivity contribution is 6.32. The Hall–Kier alpha value is -1.79. The lowest BCUT2D eigenvalue weighted by Crippen LogP contribution is -2.17. The van der Waals surface area contributed by atoms with Gasteiger partial charge in [0.2, 0.25) is 5.91 Å². The molecule has 0 aromatic heterocycles. The van der Waals surface area contributed by atoms with Gasteiger partial charge < -0.3 is 19.9 Å². The topological polar surface area (TPSA) is 84.9 Å². The number of ether oxygens (including phenoxy) is 2. The van der Waals surface area contributed by atoms with Gasteiger partial charge in [-0.1, -0.05) is 11.6 Å². The number of carbonyl (C=O) groups excluding carboxylic acids is 1. The molecule has 0 spiro atoms. The van der Waals surface area contributed by atoms with Crippen LogP contribution >= 0.6 is 11.6 Å². The van der Waals surface area contributed by atoms with E-state index in [1.54, 1.807) is 18.2 Å². The maximum absolute atomic E-state index is 12.0. The number of aliphatic carboxylic acids is 1. The van der Waals surface area contributed by atoms with Crippen molar-refractivity contribution in [2.45, 2.75) is 32.1 Å². The second-order valence-electron chi connectivity index (χ2n) is 5.82.